The minimum absolute atomic E-state index is 0.136. The van der Waals surface area contributed by atoms with Gasteiger partial charge in [-0.15, -0.1) is 0 Å². The number of carbonyl (C=O) groups excluding carboxylic acids is 1. The van der Waals surface area contributed by atoms with Crippen molar-refractivity contribution in [2.45, 2.75) is 56.5 Å². The number of ether oxygens (including phenoxy) is 5. The highest BCUT2D eigenvalue weighted by Crippen LogP contribution is 2.49. The van der Waals surface area contributed by atoms with E-state index in [1.807, 2.05) is 102 Å². The van der Waals surface area contributed by atoms with Crippen LogP contribution in [-0.2, 0) is 20.5 Å². The van der Waals surface area contributed by atoms with E-state index < -0.39 is 29.7 Å². The molecule has 8 rings (SSSR count). The molecule has 12 heteroatoms. The summed E-state index contributed by atoms with van der Waals surface area (Å²) in [6, 6.07) is 33.4. The Bertz CT molecular complexity index is 2280. The predicted molar refractivity (Wildman–Crippen MR) is 210 cm³/mol. The summed E-state index contributed by atoms with van der Waals surface area (Å²) in [7, 11) is 3.28. The minimum Gasteiger partial charge on any atom is -0.497 e. The zero-order valence-electron chi connectivity index (χ0n) is 32.0. The van der Waals surface area contributed by atoms with Crippen LogP contribution in [0.4, 0.5) is 5.82 Å². The van der Waals surface area contributed by atoms with Gasteiger partial charge in [0.2, 0.25) is 0 Å². The maximum atomic E-state index is 13.0. The van der Waals surface area contributed by atoms with E-state index >= 15 is 0 Å². The molecule has 288 valence electrons. The molecule has 0 radical (unpaired) electrons. The number of hydrogen-bond donors (Lipinski definition) is 2. The Labute approximate surface area is 325 Å². The zero-order valence-corrected chi connectivity index (χ0v) is 32.0. The summed E-state index contributed by atoms with van der Waals surface area (Å²) in [5.41, 5.74) is 3.39. The molecule has 4 aromatic carbocycles. The third-order valence-electron chi connectivity index (χ3n) is 10.8. The molecule has 1 aliphatic carbocycles. The SMILES string of the molecule is COc1ccc(C(OC[C@@H]2[C@@H]3Oc4nc5c(NCC(=O)Oc6ccccc6C(C)(C)C)ncnc5n4[C@@H]3C[C@H]2O)(c2ccccc2)c2ccc(OC)cc2)cc1. The first-order chi connectivity index (χ1) is 27.1. The lowest BCUT2D eigenvalue weighted by Gasteiger charge is -2.37. The van der Waals surface area contributed by atoms with Crippen LogP contribution in [0, 0.1) is 5.92 Å². The number of aliphatic hydroxyl groups is 1. The Morgan fingerprint density at radius 2 is 1.48 bits per heavy atom. The molecule has 2 aliphatic rings. The van der Waals surface area contributed by atoms with Gasteiger partial charge in [-0.3, -0.25) is 4.57 Å². The van der Waals surface area contributed by atoms with Crippen LogP contribution in [0.3, 0.4) is 0 Å². The van der Waals surface area contributed by atoms with Gasteiger partial charge < -0.3 is 34.1 Å². The number of hydrogen-bond acceptors (Lipinski definition) is 11. The lowest BCUT2D eigenvalue weighted by atomic mass is 9.79. The maximum absolute atomic E-state index is 13.0. The van der Waals surface area contributed by atoms with Crippen LogP contribution in [0.2, 0.25) is 0 Å². The van der Waals surface area contributed by atoms with Crippen molar-refractivity contribution in [1.82, 2.24) is 19.5 Å². The number of para-hydroxylation sites is 1. The molecule has 12 nitrogen and oxygen atoms in total. The smallest absolute Gasteiger partial charge is 0.330 e. The summed E-state index contributed by atoms with van der Waals surface area (Å²) in [4.78, 5) is 26.7. The van der Waals surface area contributed by atoms with E-state index in [-0.39, 0.29) is 24.6 Å². The van der Waals surface area contributed by atoms with Gasteiger partial charge in [0.1, 0.15) is 41.8 Å². The van der Waals surface area contributed by atoms with E-state index in [4.69, 9.17) is 28.7 Å². The largest absolute Gasteiger partial charge is 0.497 e. The number of aliphatic hydroxyl groups excluding tert-OH is 1. The third-order valence-corrected chi connectivity index (χ3v) is 10.8. The highest BCUT2D eigenvalue weighted by Gasteiger charge is 2.52. The van der Waals surface area contributed by atoms with E-state index in [1.165, 1.54) is 6.33 Å². The molecular weight excluding hydrogens is 711 g/mol. The first kappa shape index (κ1) is 37.0. The van der Waals surface area contributed by atoms with Crippen LogP contribution in [0.25, 0.3) is 11.2 Å². The quantitative estimate of drug-likeness (QED) is 0.0771. The Morgan fingerprint density at radius 3 is 2.12 bits per heavy atom. The van der Waals surface area contributed by atoms with Gasteiger partial charge >= 0.3 is 5.97 Å². The number of carbonyl (C=O) groups is 1. The van der Waals surface area contributed by atoms with Gasteiger partial charge in [-0.25, -0.2) is 14.8 Å². The monoisotopic (exact) mass is 755 g/mol. The number of methoxy groups -OCH3 is 2. The van der Waals surface area contributed by atoms with E-state index in [9.17, 15) is 9.90 Å². The first-order valence-corrected chi connectivity index (χ1v) is 18.7. The average Bonchev–Trinajstić information content (AvgIpc) is 3.85. The first-order valence-electron chi connectivity index (χ1n) is 18.7. The second-order valence-electron chi connectivity index (χ2n) is 15.2. The number of nitrogens with zero attached hydrogens (tertiary/aromatic N) is 4. The normalized spacial score (nSPS) is 18.9. The summed E-state index contributed by atoms with van der Waals surface area (Å²) < 4.78 is 32.4. The molecule has 56 heavy (non-hydrogen) atoms. The van der Waals surface area contributed by atoms with Crippen molar-refractivity contribution in [3.05, 3.63) is 132 Å². The van der Waals surface area contributed by atoms with E-state index in [1.54, 1.807) is 20.3 Å². The molecule has 2 aromatic heterocycles. The Balaban J connectivity index is 1.05. The number of imidazole rings is 1. The molecule has 2 N–H and O–H groups in total. The number of fused-ring (bicyclic) bond motifs is 5. The third kappa shape index (κ3) is 6.69. The molecule has 4 atom stereocenters. The fourth-order valence-electron chi connectivity index (χ4n) is 7.99. The van der Waals surface area contributed by atoms with Crippen molar-refractivity contribution in [2.24, 2.45) is 5.92 Å². The number of anilines is 1. The molecule has 1 aliphatic heterocycles. The van der Waals surface area contributed by atoms with Gasteiger partial charge in [-0.05, 0) is 58.9 Å². The summed E-state index contributed by atoms with van der Waals surface area (Å²) in [6.45, 7) is 6.24. The number of benzene rings is 4. The van der Waals surface area contributed by atoms with E-state index in [0.717, 1.165) is 33.8 Å². The molecule has 0 spiro atoms. The number of esters is 1. The topological polar surface area (TPSA) is 139 Å². The standard InChI is InChI=1S/C44H45N5O7/c1-43(2,3)33-13-9-10-14-36(33)55-37(51)24-45-40-38-41(47-26-46-40)49-34-23-35(50)32(39(34)56-42(49)48-38)25-54-44(27-11-7-6-8-12-27,28-15-19-30(52-4)20-16-28)29-17-21-31(53-5)22-18-29/h6-22,26,32,34-35,39,50H,23-25H2,1-5H3,(H,45,46,47)/t32-,34+,35+,39-/m0/s1. The molecule has 6 aromatic rings. The lowest BCUT2D eigenvalue weighted by Crippen LogP contribution is -2.39. The van der Waals surface area contributed by atoms with Gasteiger partial charge in [0.25, 0.3) is 6.01 Å². The summed E-state index contributed by atoms with van der Waals surface area (Å²) >= 11 is 0. The fourth-order valence-corrected chi connectivity index (χ4v) is 7.99. The van der Waals surface area contributed by atoms with Crippen molar-refractivity contribution in [3.8, 4) is 23.3 Å². The van der Waals surface area contributed by atoms with Crippen LogP contribution in [0.1, 0.15) is 55.5 Å². The molecule has 0 saturated heterocycles. The highest BCUT2D eigenvalue weighted by molar-refractivity contribution is 5.86. The molecule has 1 saturated carbocycles. The molecule has 0 amide bonds. The lowest BCUT2D eigenvalue weighted by molar-refractivity contribution is -0.132. The molecule has 3 heterocycles. The Morgan fingerprint density at radius 1 is 0.857 bits per heavy atom. The second-order valence-corrected chi connectivity index (χ2v) is 15.2. The number of nitrogens with one attached hydrogen (secondary N) is 1. The van der Waals surface area contributed by atoms with Gasteiger partial charge in [0.15, 0.2) is 17.0 Å². The summed E-state index contributed by atoms with van der Waals surface area (Å²) in [6.07, 6.45) is 0.673. The van der Waals surface area contributed by atoms with Crippen LogP contribution in [0.15, 0.2) is 109 Å². The van der Waals surface area contributed by atoms with Gasteiger partial charge in [-0.1, -0.05) is 93.6 Å². The Kier molecular flexibility index (Phi) is 9.85. The van der Waals surface area contributed by atoms with Gasteiger partial charge in [-0.2, -0.15) is 4.98 Å². The second kappa shape index (κ2) is 14.9. The highest BCUT2D eigenvalue weighted by atomic mass is 16.5. The number of aromatic nitrogens is 4. The van der Waals surface area contributed by atoms with Crippen molar-refractivity contribution < 1.29 is 33.6 Å². The van der Waals surface area contributed by atoms with Gasteiger partial charge in [0.05, 0.1) is 33.0 Å². The van der Waals surface area contributed by atoms with Crippen LogP contribution < -0.4 is 24.3 Å². The minimum atomic E-state index is -1.06. The predicted octanol–water partition coefficient (Wildman–Crippen LogP) is 6.85. The van der Waals surface area contributed by atoms with Crippen molar-refractivity contribution in [3.63, 3.8) is 0 Å². The molecule has 0 unspecified atom stereocenters. The average molecular weight is 756 g/mol. The molecule has 1 fully saturated rings. The van der Waals surface area contributed by atoms with Gasteiger partial charge in [0, 0.05) is 11.5 Å². The van der Waals surface area contributed by atoms with Crippen LogP contribution in [-0.4, -0.2) is 70.2 Å². The summed E-state index contributed by atoms with van der Waals surface area (Å²) in [5.74, 6) is 1.49. The summed E-state index contributed by atoms with van der Waals surface area (Å²) in [5, 5.41) is 14.7. The molecule has 0 bridgehead atoms. The van der Waals surface area contributed by atoms with Crippen LogP contribution >= 0.6 is 0 Å². The van der Waals surface area contributed by atoms with Crippen molar-refractivity contribution >= 4 is 23.0 Å². The van der Waals surface area contributed by atoms with E-state index in [2.05, 4.69) is 36.1 Å². The maximum Gasteiger partial charge on any atom is 0.330 e. The fraction of sp³-hybridized carbons (Fsp3) is 0.318. The zero-order chi connectivity index (χ0) is 39.0. The van der Waals surface area contributed by atoms with Crippen molar-refractivity contribution in [2.75, 3.05) is 32.7 Å². The van der Waals surface area contributed by atoms with Crippen LogP contribution in [0.5, 0.6) is 23.3 Å². The Hall–Kier alpha value is -5.98. The van der Waals surface area contributed by atoms with E-state index in [0.29, 0.717) is 35.2 Å². The van der Waals surface area contributed by atoms with Crippen molar-refractivity contribution in [1.29, 1.82) is 0 Å². The number of rotatable bonds is 12. The molecular formula is C44H45N5O7.